The molecule has 0 amide bonds. The molecule has 0 aliphatic carbocycles. The predicted molar refractivity (Wildman–Crippen MR) is 67.2 cm³/mol. The smallest absolute Gasteiger partial charge is 0.288 e. The van der Waals surface area contributed by atoms with Gasteiger partial charge in [0.15, 0.2) is 0 Å². The largest absolute Gasteiger partial charge is 0.497 e. The summed E-state index contributed by atoms with van der Waals surface area (Å²) in [7, 11) is 1.64. The molecule has 3 nitrogen and oxygen atoms in total. The standard InChI is InChI=1S/C14H12N2O/c1-17-13-8-6-11(7-9-13)14-5-3-2-4-12(14)10-16-15/h2-10H,1H3. The molecule has 0 fully saturated rings. The SMILES string of the molecule is COc1ccc(-c2ccccc2C=[N+]=[N-])cc1. The molecule has 0 aliphatic heterocycles. The molecule has 84 valence electrons. The summed E-state index contributed by atoms with van der Waals surface area (Å²) in [6, 6.07) is 15.5. The Bertz CT molecular complexity index is 555. The van der Waals surface area contributed by atoms with Crippen molar-refractivity contribution in [3.63, 3.8) is 0 Å². The lowest BCUT2D eigenvalue weighted by Gasteiger charge is -2.05. The van der Waals surface area contributed by atoms with E-state index in [-0.39, 0.29) is 0 Å². The number of nitrogens with zero attached hydrogens (tertiary/aromatic N) is 2. The van der Waals surface area contributed by atoms with E-state index in [9.17, 15) is 0 Å². The van der Waals surface area contributed by atoms with Crippen molar-refractivity contribution < 1.29 is 9.53 Å². The van der Waals surface area contributed by atoms with Crippen LogP contribution in [0.25, 0.3) is 16.7 Å². The first kappa shape index (κ1) is 11.1. The van der Waals surface area contributed by atoms with Crippen LogP contribution in [0.5, 0.6) is 5.75 Å². The first-order chi connectivity index (χ1) is 8.35. The molecular formula is C14H12N2O. The fourth-order valence-corrected chi connectivity index (χ4v) is 1.71. The second-order valence-electron chi connectivity index (χ2n) is 3.56. The van der Waals surface area contributed by atoms with Gasteiger partial charge >= 0.3 is 0 Å². The van der Waals surface area contributed by atoms with Gasteiger partial charge in [0.1, 0.15) is 5.75 Å². The van der Waals surface area contributed by atoms with Crippen molar-refractivity contribution in [1.82, 2.24) is 0 Å². The van der Waals surface area contributed by atoms with Gasteiger partial charge in [-0.05, 0) is 29.3 Å². The highest BCUT2D eigenvalue weighted by Crippen LogP contribution is 2.24. The number of rotatable bonds is 3. The van der Waals surface area contributed by atoms with E-state index in [4.69, 9.17) is 10.3 Å². The minimum Gasteiger partial charge on any atom is -0.497 e. The zero-order valence-electron chi connectivity index (χ0n) is 9.50. The summed E-state index contributed by atoms with van der Waals surface area (Å²) in [5.74, 6) is 0.821. The molecule has 2 rings (SSSR count). The molecule has 0 aliphatic rings. The summed E-state index contributed by atoms with van der Waals surface area (Å²) < 4.78 is 5.12. The molecule has 0 saturated carbocycles. The first-order valence-electron chi connectivity index (χ1n) is 5.26. The Morgan fingerprint density at radius 3 is 2.41 bits per heavy atom. The fraction of sp³-hybridized carbons (Fsp3) is 0.0714. The van der Waals surface area contributed by atoms with Gasteiger partial charge in [-0.15, -0.1) is 0 Å². The number of hydrogen-bond donors (Lipinski definition) is 0. The highest BCUT2D eigenvalue weighted by atomic mass is 16.5. The second kappa shape index (κ2) is 5.10. The molecule has 0 radical (unpaired) electrons. The van der Waals surface area contributed by atoms with Crippen LogP contribution in [-0.2, 0) is 0 Å². The van der Waals surface area contributed by atoms with Gasteiger partial charge in [-0.3, -0.25) is 0 Å². The first-order valence-corrected chi connectivity index (χ1v) is 5.26. The van der Waals surface area contributed by atoms with E-state index < -0.39 is 0 Å². The van der Waals surface area contributed by atoms with Crippen molar-refractivity contribution >= 4 is 6.21 Å². The van der Waals surface area contributed by atoms with Crippen LogP contribution in [0.3, 0.4) is 0 Å². The van der Waals surface area contributed by atoms with E-state index in [0.29, 0.717) is 0 Å². The van der Waals surface area contributed by atoms with Crippen LogP contribution in [0.1, 0.15) is 5.56 Å². The van der Waals surface area contributed by atoms with Gasteiger partial charge in [0.2, 0.25) is 0 Å². The number of ether oxygens (including phenoxy) is 1. The van der Waals surface area contributed by atoms with E-state index in [1.807, 2.05) is 48.5 Å². The van der Waals surface area contributed by atoms with Crippen LogP contribution in [0.2, 0.25) is 0 Å². The monoisotopic (exact) mass is 224 g/mol. The summed E-state index contributed by atoms with van der Waals surface area (Å²) in [5, 5.41) is 0. The summed E-state index contributed by atoms with van der Waals surface area (Å²) in [6.07, 6.45) is 1.43. The van der Waals surface area contributed by atoms with E-state index in [2.05, 4.69) is 4.79 Å². The Hall–Kier alpha value is -2.38. The van der Waals surface area contributed by atoms with E-state index >= 15 is 0 Å². The Kier molecular flexibility index (Phi) is 3.34. The molecule has 0 saturated heterocycles. The molecule has 0 atom stereocenters. The van der Waals surface area contributed by atoms with Crippen molar-refractivity contribution in [2.75, 3.05) is 7.11 Å². The third-order valence-electron chi connectivity index (χ3n) is 2.56. The van der Waals surface area contributed by atoms with Gasteiger partial charge in [-0.2, -0.15) is 4.79 Å². The number of benzene rings is 2. The third kappa shape index (κ3) is 2.41. The van der Waals surface area contributed by atoms with E-state index in [1.165, 1.54) is 6.21 Å². The maximum atomic E-state index is 8.62. The Balaban J connectivity index is 2.48. The minimum absolute atomic E-state index is 0.821. The number of hydrogen-bond acceptors (Lipinski definition) is 1. The summed E-state index contributed by atoms with van der Waals surface area (Å²) in [5.41, 5.74) is 11.6. The highest BCUT2D eigenvalue weighted by molar-refractivity contribution is 5.87. The average Bonchev–Trinajstić information content (AvgIpc) is 2.40. The van der Waals surface area contributed by atoms with E-state index in [0.717, 1.165) is 22.4 Å². The third-order valence-corrected chi connectivity index (χ3v) is 2.56. The number of methoxy groups -OCH3 is 1. The van der Waals surface area contributed by atoms with Crippen molar-refractivity contribution in [2.24, 2.45) is 0 Å². The van der Waals surface area contributed by atoms with Gasteiger partial charge in [-0.25, -0.2) is 0 Å². The Morgan fingerprint density at radius 1 is 1.06 bits per heavy atom. The molecule has 17 heavy (non-hydrogen) atoms. The zero-order chi connectivity index (χ0) is 12.1. The Labute approximate surface area is 99.9 Å². The summed E-state index contributed by atoms with van der Waals surface area (Å²) >= 11 is 0. The lowest BCUT2D eigenvalue weighted by Crippen LogP contribution is -1.88. The van der Waals surface area contributed by atoms with Gasteiger partial charge in [0, 0.05) is 0 Å². The quantitative estimate of drug-likeness (QED) is 0.449. The molecule has 0 heterocycles. The molecule has 3 heteroatoms. The van der Waals surface area contributed by atoms with Gasteiger partial charge in [-0.1, -0.05) is 30.3 Å². The maximum absolute atomic E-state index is 8.62. The fourth-order valence-electron chi connectivity index (χ4n) is 1.71. The van der Waals surface area contributed by atoms with Crippen LogP contribution in [0.4, 0.5) is 0 Å². The lowest BCUT2D eigenvalue weighted by atomic mass is 10.0. The van der Waals surface area contributed by atoms with Crippen LogP contribution >= 0.6 is 0 Å². The zero-order valence-corrected chi connectivity index (χ0v) is 9.50. The molecule has 2 aromatic rings. The normalized spacial score (nSPS) is 9.47. The van der Waals surface area contributed by atoms with Gasteiger partial charge in [0.25, 0.3) is 6.21 Å². The topological polar surface area (TPSA) is 45.6 Å². The minimum atomic E-state index is 0.821. The maximum Gasteiger partial charge on any atom is 0.288 e. The van der Waals surface area contributed by atoms with Gasteiger partial charge in [0.05, 0.1) is 12.7 Å². The van der Waals surface area contributed by atoms with Gasteiger partial charge < -0.3 is 10.3 Å². The second-order valence-corrected chi connectivity index (χ2v) is 3.56. The van der Waals surface area contributed by atoms with Crippen molar-refractivity contribution in [3.05, 3.63) is 59.6 Å². The molecule has 0 spiro atoms. The molecule has 0 N–H and O–H groups in total. The molecular weight excluding hydrogens is 212 g/mol. The van der Waals surface area contributed by atoms with Crippen LogP contribution in [0.15, 0.2) is 48.5 Å². The molecule has 2 aromatic carbocycles. The Morgan fingerprint density at radius 2 is 1.76 bits per heavy atom. The summed E-state index contributed by atoms with van der Waals surface area (Å²) in [4.78, 5) is 3.08. The molecule has 0 bridgehead atoms. The predicted octanol–water partition coefficient (Wildman–Crippen LogP) is 3.01. The van der Waals surface area contributed by atoms with Crippen LogP contribution < -0.4 is 4.74 Å². The summed E-state index contributed by atoms with van der Waals surface area (Å²) in [6.45, 7) is 0. The van der Waals surface area contributed by atoms with E-state index in [1.54, 1.807) is 7.11 Å². The molecule has 0 unspecified atom stereocenters. The van der Waals surface area contributed by atoms with Crippen molar-refractivity contribution in [1.29, 1.82) is 0 Å². The molecule has 0 aromatic heterocycles. The van der Waals surface area contributed by atoms with Crippen LogP contribution in [0, 0.1) is 0 Å². The van der Waals surface area contributed by atoms with Crippen molar-refractivity contribution in [3.8, 4) is 16.9 Å². The average molecular weight is 224 g/mol. The van der Waals surface area contributed by atoms with Crippen LogP contribution in [-0.4, -0.2) is 18.1 Å². The highest BCUT2D eigenvalue weighted by Gasteiger charge is 2.05. The van der Waals surface area contributed by atoms with Crippen molar-refractivity contribution in [2.45, 2.75) is 0 Å². The lowest BCUT2D eigenvalue weighted by molar-refractivity contribution is 0.00460.